The summed E-state index contributed by atoms with van der Waals surface area (Å²) in [4.78, 5) is 13.1. The van der Waals surface area contributed by atoms with Crippen molar-refractivity contribution < 1.29 is 14.3 Å². The summed E-state index contributed by atoms with van der Waals surface area (Å²) in [6.45, 7) is 9.82. The quantitative estimate of drug-likeness (QED) is 0.592. The lowest BCUT2D eigenvalue weighted by atomic mass is 9.78. The van der Waals surface area contributed by atoms with Crippen LogP contribution in [0.2, 0.25) is 0 Å². The minimum atomic E-state index is -0.683. The van der Waals surface area contributed by atoms with Gasteiger partial charge in [-0.1, -0.05) is 33.6 Å². The molecule has 1 aromatic rings. The molecule has 26 heavy (non-hydrogen) atoms. The zero-order valence-corrected chi connectivity index (χ0v) is 16.9. The molecule has 0 aromatic heterocycles. The predicted molar refractivity (Wildman–Crippen MR) is 107 cm³/mol. The number of carbonyl (C=O) groups is 1. The molecular formula is C22H35NO3. The third-order valence-corrected chi connectivity index (χ3v) is 5.14. The summed E-state index contributed by atoms with van der Waals surface area (Å²) in [5, 5.41) is 3.10. The van der Waals surface area contributed by atoms with Gasteiger partial charge in [0.15, 0.2) is 0 Å². The summed E-state index contributed by atoms with van der Waals surface area (Å²) in [7, 11) is 0. The van der Waals surface area contributed by atoms with Gasteiger partial charge in [-0.25, -0.2) is 0 Å². The van der Waals surface area contributed by atoms with Crippen molar-refractivity contribution in [1.82, 2.24) is 0 Å². The fraction of sp³-hybridized carbons (Fsp3) is 0.682. The van der Waals surface area contributed by atoms with Crippen LogP contribution in [0.4, 0.5) is 5.69 Å². The molecule has 0 saturated heterocycles. The fourth-order valence-corrected chi connectivity index (χ4v) is 3.66. The molecule has 2 rings (SSSR count). The largest absolute Gasteiger partial charge is 0.493 e. The molecule has 2 atom stereocenters. The first-order chi connectivity index (χ1) is 12.5. The lowest BCUT2D eigenvalue weighted by Gasteiger charge is -2.38. The number of hydrogen-bond donors (Lipinski definition) is 1. The summed E-state index contributed by atoms with van der Waals surface area (Å²) in [5.74, 6) is 1.40. The Balaban J connectivity index is 2.07. The molecule has 1 aliphatic rings. The van der Waals surface area contributed by atoms with E-state index in [0.29, 0.717) is 12.5 Å². The van der Waals surface area contributed by atoms with Gasteiger partial charge in [-0.2, -0.15) is 0 Å². The Bertz CT molecular complexity index is 587. The zero-order valence-electron chi connectivity index (χ0n) is 16.9. The SMILES string of the molecule is CCCCOc1ccc(NC(=O)C2(OCCC)CCCC(C)C2)cc1C. The maximum Gasteiger partial charge on any atom is 0.256 e. The highest BCUT2D eigenvalue weighted by molar-refractivity contribution is 5.97. The van der Waals surface area contributed by atoms with Crippen molar-refractivity contribution in [2.45, 2.75) is 78.2 Å². The van der Waals surface area contributed by atoms with E-state index in [-0.39, 0.29) is 5.91 Å². The molecule has 0 aliphatic heterocycles. The van der Waals surface area contributed by atoms with Crippen molar-refractivity contribution in [2.24, 2.45) is 5.92 Å². The molecular weight excluding hydrogens is 326 g/mol. The summed E-state index contributed by atoms with van der Waals surface area (Å²) in [6.07, 6.45) is 6.91. The first-order valence-electron chi connectivity index (χ1n) is 10.2. The van der Waals surface area contributed by atoms with Crippen LogP contribution in [0.1, 0.15) is 71.3 Å². The van der Waals surface area contributed by atoms with Crippen molar-refractivity contribution in [2.75, 3.05) is 18.5 Å². The Morgan fingerprint density at radius 3 is 2.73 bits per heavy atom. The summed E-state index contributed by atoms with van der Waals surface area (Å²) < 4.78 is 11.9. The van der Waals surface area contributed by atoms with Gasteiger partial charge in [0.05, 0.1) is 6.61 Å². The molecule has 4 heteroatoms. The Kier molecular flexibility index (Phi) is 7.95. The number of benzene rings is 1. The molecule has 0 spiro atoms. The van der Waals surface area contributed by atoms with Crippen LogP contribution in [0, 0.1) is 12.8 Å². The predicted octanol–water partition coefficient (Wildman–Crippen LogP) is 5.49. The molecule has 0 heterocycles. The lowest BCUT2D eigenvalue weighted by Crippen LogP contribution is -2.48. The van der Waals surface area contributed by atoms with Crippen molar-refractivity contribution in [3.63, 3.8) is 0 Å². The van der Waals surface area contributed by atoms with Gasteiger partial charge in [0.25, 0.3) is 5.91 Å². The number of anilines is 1. The third-order valence-electron chi connectivity index (χ3n) is 5.14. The van der Waals surface area contributed by atoms with Gasteiger partial charge in [0, 0.05) is 12.3 Å². The van der Waals surface area contributed by atoms with Gasteiger partial charge < -0.3 is 14.8 Å². The lowest BCUT2D eigenvalue weighted by molar-refractivity contribution is -0.148. The van der Waals surface area contributed by atoms with Crippen molar-refractivity contribution in [1.29, 1.82) is 0 Å². The minimum Gasteiger partial charge on any atom is -0.493 e. The van der Waals surface area contributed by atoms with Crippen molar-refractivity contribution >= 4 is 11.6 Å². The molecule has 2 unspecified atom stereocenters. The number of hydrogen-bond acceptors (Lipinski definition) is 3. The number of nitrogens with one attached hydrogen (secondary N) is 1. The van der Waals surface area contributed by atoms with Crippen LogP contribution >= 0.6 is 0 Å². The van der Waals surface area contributed by atoms with Crippen LogP contribution in [-0.4, -0.2) is 24.7 Å². The van der Waals surface area contributed by atoms with Gasteiger partial charge in [-0.05, 0) is 68.7 Å². The van der Waals surface area contributed by atoms with Crippen LogP contribution < -0.4 is 10.1 Å². The zero-order chi connectivity index (χ0) is 19.0. The van der Waals surface area contributed by atoms with Gasteiger partial charge in [0.1, 0.15) is 11.4 Å². The molecule has 1 aromatic carbocycles. The van der Waals surface area contributed by atoms with Crippen LogP contribution in [0.3, 0.4) is 0 Å². The average Bonchev–Trinajstić information content (AvgIpc) is 2.62. The van der Waals surface area contributed by atoms with Crippen LogP contribution in [0.25, 0.3) is 0 Å². The van der Waals surface area contributed by atoms with E-state index in [1.807, 2.05) is 25.1 Å². The number of rotatable bonds is 9. The van der Waals surface area contributed by atoms with Crippen molar-refractivity contribution in [3.05, 3.63) is 23.8 Å². The normalized spacial score (nSPS) is 22.8. The summed E-state index contributed by atoms with van der Waals surface area (Å²) >= 11 is 0. The van der Waals surface area contributed by atoms with E-state index in [2.05, 4.69) is 26.1 Å². The topological polar surface area (TPSA) is 47.6 Å². The molecule has 146 valence electrons. The summed E-state index contributed by atoms with van der Waals surface area (Å²) in [6, 6.07) is 5.86. The Morgan fingerprint density at radius 2 is 2.08 bits per heavy atom. The molecule has 1 N–H and O–H groups in total. The van der Waals surface area contributed by atoms with Crippen LogP contribution in [0.15, 0.2) is 18.2 Å². The third kappa shape index (κ3) is 5.47. The number of ether oxygens (including phenoxy) is 2. The van der Waals surface area contributed by atoms with Crippen molar-refractivity contribution in [3.8, 4) is 5.75 Å². The van der Waals surface area contributed by atoms with Gasteiger partial charge in [-0.3, -0.25) is 4.79 Å². The first kappa shape index (κ1) is 20.8. The Hall–Kier alpha value is -1.55. The second kappa shape index (κ2) is 9.96. The van der Waals surface area contributed by atoms with E-state index in [1.54, 1.807) is 0 Å². The van der Waals surface area contributed by atoms with E-state index >= 15 is 0 Å². The monoisotopic (exact) mass is 361 g/mol. The van der Waals surface area contributed by atoms with E-state index in [4.69, 9.17) is 9.47 Å². The van der Waals surface area contributed by atoms with E-state index in [0.717, 1.165) is 62.1 Å². The number of unbranched alkanes of at least 4 members (excludes halogenated alkanes) is 1. The second-order valence-electron chi connectivity index (χ2n) is 7.68. The molecule has 0 bridgehead atoms. The number of amides is 1. The average molecular weight is 362 g/mol. The smallest absolute Gasteiger partial charge is 0.256 e. The number of carbonyl (C=O) groups excluding carboxylic acids is 1. The highest BCUT2D eigenvalue weighted by Gasteiger charge is 2.42. The highest BCUT2D eigenvalue weighted by atomic mass is 16.5. The standard InChI is InChI=1S/C22H35NO3/c1-5-7-14-25-20-11-10-19(15-18(20)4)23-21(24)22(26-13-6-2)12-8-9-17(3)16-22/h10-11,15,17H,5-9,12-14,16H2,1-4H3,(H,23,24). The van der Waals surface area contributed by atoms with Crippen LogP contribution in [0.5, 0.6) is 5.75 Å². The number of aryl methyl sites for hydroxylation is 1. The first-order valence-corrected chi connectivity index (χ1v) is 10.2. The van der Waals surface area contributed by atoms with Gasteiger partial charge >= 0.3 is 0 Å². The maximum atomic E-state index is 13.1. The minimum absolute atomic E-state index is 0.00319. The molecule has 1 fully saturated rings. The molecule has 0 radical (unpaired) electrons. The molecule has 1 saturated carbocycles. The maximum absolute atomic E-state index is 13.1. The van der Waals surface area contributed by atoms with Gasteiger partial charge in [-0.15, -0.1) is 0 Å². The summed E-state index contributed by atoms with van der Waals surface area (Å²) in [5.41, 5.74) is 1.17. The van der Waals surface area contributed by atoms with E-state index < -0.39 is 5.60 Å². The Morgan fingerprint density at radius 1 is 1.27 bits per heavy atom. The Labute approximate surface area is 158 Å². The fourth-order valence-electron chi connectivity index (χ4n) is 3.66. The molecule has 4 nitrogen and oxygen atoms in total. The van der Waals surface area contributed by atoms with Crippen LogP contribution in [-0.2, 0) is 9.53 Å². The highest BCUT2D eigenvalue weighted by Crippen LogP contribution is 2.36. The molecule has 1 amide bonds. The molecule has 1 aliphatic carbocycles. The van der Waals surface area contributed by atoms with E-state index in [9.17, 15) is 4.79 Å². The van der Waals surface area contributed by atoms with E-state index in [1.165, 1.54) is 6.42 Å². The second-order valence-corrected chi connectivity index (χ2v) is 7.68. The van der Waals surface area contributed by atoms with Gasteiger partial charge in [0.2, 0.25) is 0 Å².